The molecule has 2 heterocycles. The summed E-state index contributed by atoms with van der Waals surface area (Å²) in [5, 5.41) is 0. The minimum absolute atomic E-state index is 0.0934. The summed E-state index contributed by atoms with van der Waals surface area (Å²) in [4.78, 5) is 26.9. The summed E-state index contributed by atoms with van der Waals surface area (Å²) in [6.45, 7) is 0.238. The van der Waals surface area contributed by atoms with Gasteiger partial charge in [0.2, 0.25) is 5.91 Å². The van der Waals surface area contributed by atoms with Crippen LogP contribution in [0.25, 0.3) is 0 Å². The molecule has 1 amide bonds. The molecule has 1 aromatic rings. The van der Waals surface area contributed by atoms with Crippen LogP contribution >= 0.6 is 0 Å². The minimum Gasteiger partial charge on any atom is -0.493 e. The Morgan fingerprint density at radius 1 is 1.48 bits per heavy atom. The smallest absolute Gasteiger partial charge is 0.367 e. The highest BCUT2D eigenvalue weighted by atomic mass is 19.3. The van der Waals surface area contributed by atoms with Crippen LogP contribution < -0.4 is 4.74 Å². The number of fused-ring (bicyclic) bond motifs is 1. The fourth-order valence-corrected chi connectivity index (χ4v) is 2.85. The zero-order chi connectivity index (χ0) is 15.0. The molecule has 21 heavy (non-hydrogen) atoms. The predicted molar refractivity (Wildman–Crippen MR) is 66.7 cm³/mol. The van der Waals surface area contributed by atoms with Crippen molar-refractivity contribution in [2.24, 2.45) is 0 Å². The third-order valence-electron chi connectivity index (χ3n) is 3.87. The number of carbonyl (C=O) groups excluding carboxylic acids is 2. The molecule has 5 nitrogen and oxygen atoms in total. The van der Waals surface area contributed by atoms with Gasteiger partial charge in [0, 0.05) is 35.9 Å². The quantitative estimate of drug-likeness (QED) is 0.848. The maximum Gasteiger partial charge on any atom is 0.367 e. The van der Waals surface area contributed by atoms with E-state index in [4.69, 9.17) is 4.74 Å². The summed E-state index contributed by atoms with van der Waals surface area (Å²) >= 11 is 0. The Kier molecular flexibility index (Phi) is 3.48. The number of halogens is 2. The lowest BCUT2D eigenvalue weighted by Gasteiger charge is -2.15. The number of hydrogen-bond donors (Lipinski definition) is 0. The lowest BCUT2D eigenvalue weighted by Crippen LogP contribution is -2.31. The highest BCUT2D eigenvalue weighted by Crippen LogP contribution is 2.35. The third-order valence-corrected chi connectivity index (χ3v) is 3.87. The van der Waals surface area contributed by atoms with E-state index in [-0.39, 0.29) is 24.8 Å². The van der Waals surface area contributed by atoms with Gasteiger partial charge < -0.3 is 9.64 Å². The Morgan fingerprint density at radius 2 is 2.29 bits per heavy atom. The van der Waals surface area contributed by atoms with Gasteiger partial charge in [0.1, 0.15) is 18.1 Å². The van der Waals surface area contributed by atoms with Gasteiger partial charge in [0.05, 0.1) is 6.61 Å². The molecule has 3 rings (SSSR count). The summed E-state index contributed by atoms with van der Waals surface area (Å²) < 4.78 is 31.1. The Hall–Kier alpha value is -2.18. The Bertz CT molecular complexity index is 605. The van der Waals surface area contributed by atoms with Crippen LogP contribution in [0.5, 0.6) is 5.75 Å². The van der Waals surface area contributed by atoms with Crippen LogP contribution in [0.15, 0.2) is 12.1 Å². The summed E-state index contributed by atoms with van der Waals surface area (Å²) in [6.07, 6.45) is 0.803. The van der Waals surface area contributed by atoms with Crippen molar-refractivity contribution >= 4 is 11.9 Å². The molecule has 0 aromatic heterocycles. The molecule has 2 aliphatic rings. The van der Waals surface area contributed by atoms with E-state index in [1.807, 2.05) is 0 Å². The van der Waals surface area contributed by atoms with E-state index < -0.39 is 18.3 Å². The lowest BCUT2D eigenvalue weighted by molar-refractivity contribution is -0.185. The molecule has 7 heteroatoms. The summed E-state index contributed by atoms with van der Waals surface area (Å²) in [5.41, 5.74) is 1.35. The average molecular weight is 297 g/mol. The summed E-state index contributed by atoms with van der Waals surface area (Å²) in [6, 6.07) is 3.05. The minimum atomic E-state index is -1.13. The van der Waals surface area contributed by atoms with Crippen LogP contribution in [-0.4, -0.2) is 36.5 Å². The first-order valence-corrected chi connectivity index (χ1v) is 6.63. The molecule has 112 valence electrons. The monoisotopic (exact) mass is 297 g/mol. The number of benzene rings is 1. The maximum atomic E-state index is 14.1. The lowest BCUT2D eigenvalue weighted by atomic mass is 9.95. The second kappa shape index (κ2) is 5.31. The van der Waals surface area contributed by atoms with Crippen molar-refractivity contribution in [3.05, 3.63) is 29.1 Å². The first kappa shape index (κ1) is 13.8. The Labute approximate surface area is 119 Å². The van der Waals surface area contributed by atoms with E-state index >= 15 is 0 Å². The molecule has 0 N–H and O–H groups in total. The Balaban J connectivity index is 1.79. The largest absolute Gasteiger partial charge is 0.493 e. The number of likely N-dealkylation sites (tertiary alicyclic amines) is 1. The molecule has 0 saturated carbocycles. The van der Waals surface area contributed by atoms with Gasteiger partial charge in [-0.15, -0.1) is 0 Å². The van der Waals surface area contributed by atoms with Gasteiger partial charge in [-0.2, -0.15) is 0 Å². The van der Waals surface area contributed by atoms with Crippen molar-refractivity contribution in [1.29, 1.82) is 0 Å². The predicted octanol–water partition coefficient (Wildman–Crippen LogP) is 1.50. The Morgan fingerprint density at radius 3 is 3.05 bits per heavy atom. The van der Waals surface area contributed by atoms with E-state index in [9.17, 15) is 18.5 Å². The van der Waals surface area contributed by atoms with E-state index in [1.165, 1.54) is 11.0 Å². The molecule has 0 bridgehead atoms. The van der Waals surface area contributed by atoms with Gasteiger partial charge >= 0.3 is 5.97 Å². The fraction of sp³-hybridized carbons (Fsp3) is 0.429. The van der Waals surface area contributed by atoms with Crippen molar-refractivity contribution in [2.75, 3.05) is 19.7 Å². The van der Waals surface area contributed by atoms with Gasteiger partial charge in [0.25, 0.3) is 0 Å². The van der Waals surface area contributed by atoms with Gasteiger partial charge in [-0.05, 0) is 17.2 Å². The second-order valence-corrected chi connectivity index (χ2v) is 5.20. The van der Waals surface area contributed by atoms with E-state index in [1.54, 1.807) is 6.07 Å². The highest BCUT2D eigenvalue weighted by molar-refractivity contribution is 5.84. The standard InChI is InChI=1S/C14H13F2NO4/c15-11-5-12-8(1-2-20-12)3-10(11)9-4-13(18)17(6-9)7-14(19)21-16/h3,5,9H,1-2,4,6-7H2. The molecule has 1 unspecified atom stereocenters. The first-order valence-electron chi connectivity index (χ1n) is 6.63. The molecule has 1 atom stereocenters. The van der Waals surface area contributed by atoms with Crippen molar-refractivity contribution in [3.8, 4) is 5.75 Å². The van der Waals surface area contributed by atoms with E-state index in [0.717, 1.165) is 5.56 Å². The van der Waals surface area contributed by atoms with Gasteiger partial charge in [-0.25, -0.2) is 9.18 Å². The molecule has 2 aliphatic heterocycles. The number of rotatable bonds is 3. The summed E-state index contributed by atoms with van der Waals surface area (Å²) in [7, 11) is 0. The van der Waals surface area contributed by atoms with Gasteiger partial charge in [-0.1, -0.05) is 0 Å². The zero-order valence-corrected chi connectivity index (χ0v) is 11.1. The molecule has 1 saturated heterocycles. The number of carbonyl (C=O) groups is 2. The maximum absolute atomic E-state index is 14.1. The molecule has 0 aliphatic carbocycles. The molecular formula is C14H13F2NO4. The van der Waals surface area contributed by atoms with E-state index in [2.05, 4.69) is 4.94 Å². The molecule has 1 fully saturated rings. The number of hydrogen-bond acceptors (Lipinski definition) is 4. The SMILES string of the molecule is O=C(CN1CC(c2cc3c(cc2F)OCC3)CC1=O)OF. The number of amides is 1. The third kappa shape index (κ3) is 2.55. The molecular weight excluding hydrogens is 284 g/mol. The van der Waals surface area contributed by atoms with Crippen molar-refractivity contribution in [2.45, 2.75) is 18.8 Å². The topological polar surface area (TPSA) is 55.8 Å². The van der Waals surface area contributed by atoms with Crippen LogP contribution in [0.4, 0.5) is 8.92 Å². The summed E-state index contributed by atoms with van der Waals surface area (Å²) in [5.74, 6) is -1.69. The van der Waals surface area contributed by atoms with Crippen LogP contribution in [-0.2, 0) is 21.0 Å². The molecule has 0 spiro atoms. The van der Waals surface area contributed by atoms with Crippen LogP contribution in [0.2, 0.25) is 0 Å². The molecule has 1 aromatic carbocycles. The van der Waals surface area contributed by atoms with Crippen molar-refractivity contribution in [1.82, 2.24) is 4.90 Å². The highest BCUT2D eigenvalue weighted by Gasteiger charge is 2.34. The average Bonchev–Trinajstić information content (AvgIpc) is 3.04. The van der Waals surface area contributed by atoms with Crippen LogP contribution in [0, 0.1) is 5.82 Å². The number of ether oxygens (including phenoxy) is 1. The van der Waals surface area contributed by atoms with Gasteiger partial charge in [-0.3, -0.25) is 9.74 Å². The number of nitrogens with zero attached hydrogens (tertiary/aromatic N) is 1. The van der Waals surface area contributed by atoms with Crippen molar-refractivity contribution < 1.29 is 28.2 Å². The van der Waals surface area contributed by atoms with Crippen LogP contribution in [0.3, 0.4) is 0 Å². The second-order valence-electron chi connectivity index (χ2n) is 5.20. The van der Waals surface area contributed by atoms with Gasteiger partial charge in [0.15, 0.2) is 0 Å². The van der Waals surface area contributed by atoms with Crippen molar-refractivity contribution in [3.63, 3.8) is 0 Å². The first-order chi connectivity index (χ1) is 10.1. The van der Waals surface area contributed by atoms with E-state index in [0.29, 0.717) is 24.3 Å². The fourth-order valence-electron chi connectivity index (χ4n) is 2.85. The molecule has 0 radical (unpaired) electrons. The zero-order valence-electron chi connectivity index (χ0n) is 11.1. The normalized spacial score (nSPS) is 20.4. The van der Waals surface area contributed by atoms with Crippen LogP contribution in [0.1, 0.15) is 23.5 Å².